The summed E-state index contributed by atoms with van der Waals surface area (Å²) in [6.45, 7) is 7.75. The van der Waals surface area contributed by atoms with Gasteiger partial charge in [0.1, 0.15) is 12.3 Å². The summed E-state index contributed by atoms with van der Waals surface area (Å²) in [6, 6.07) is 18.6. The molecule has 0 heterocycles. The van der Waals surface area contributed by atoms with Crippen molar-refractivity contribution in [1.82, 2.24) is 5.43 Å². The van der Waals surface area contributed by atoms with Crippen LogP contribution in [0.4, 0.5) is 5.69 Å². The number of benzene rings is 3. The quantitative estimate of drug-likeness (QED) is 0.365. The number of nitrogens with one attached hydrogen (secondary N) is 1. The summed E-state index contributed by atoms with van der Waals surface area (Å²) in [5, 5.41) is 4.06. The van der Waals surface area contributed by atoms with E-state index in [1.807, 2.05) is 39.8 Å². The van der Waals surface area contributed by atoms with Crippen molar-refractivity contribution in [1.29, 1.82) is 0 Å². The molecule has 1 N–H and O–H groups in total. The zero-order valence-electron chi connectivity index (χ0n) is 19.8. The van der Waals surface area contributed by atoms with Crippen molar-refractivity contribution < 1.29 is 17.9 Å². The van der Waals surface area contributed by atoms with Crippen molar-refractivity contribution in [2.24, 2.45) is 5.10 Å². The number of amides is 1. The van der Waals surface area contributed by atoms with E-state index in [1.54, 1.807) is 48.7 Å². The number of hydrazone groups is 1. The number of aryl methyl sites for hydroxylation is 1. The first-order valence-corrected chi connectivity index (χ1v) is 12.4. The molecule has 0 aliphatic carbocycles. The van der Waals surface area contributed by atoms with Crippen LogP contribution in [0.3, 0.4) is 0 Å². The first kappa shape index (κ1) is 25.0. The normalized spacial score (nSPS) is 11.4. The second-order valence-corrected chi connectivity index (χ2v) is 9.60. The summed E-state index contributed by atoms with van der Waals surface area (Å²) < 4.78 is 33.6. The van der Waals surface area contributed by atoms with Crippen molar-refractivity contribution >= 4 is 27.8 Å². The first-order valence-electron chi connectivity index (χ1n) is 10.9. The fourth-order valence-electron chi connectivity index (χ4n) is 3.42. The Morgan fingerprint density at radius 2 is 1.65 bits per heavy atom. The van der Waals surface area contributed by atoms with Gasteiger partial charge in [-0.25, -0.2) is 13.8 Å². The molecule has 0 spiro atoms. The van der Waals surface area contributed by atoms with E-state index >= 15 is 0 Å². The second-order valence-electron chi connectivity index (χ2n) is 7.74. The maximum atomic E-state index is 13.5. The molecule has 0 aromatic heterocycles. The Kier molecular flexibility index (Phi) is 8.07. The monoisotopic (exact) mass is 479 g/mol. The molecule has 8 heteroatoms. The smallest absolute Gasteiger partial charge is 0.264 e. The van der Waals surface area contributed by atoms with Crippen LogP contribution >= 0.6 is 0 Å². The molecule has 3 aromatic rings. The first-order chi connectivity index (χ1) is 16.3. The topological polar surface area (TPSA) is 88.1 Å². The van der Waals surface area contributed by atoms with Crippen LogP contribution in [0.2, 0.25) is 0 Å². The van der Waals surface area contributed by atoms with Crippen LogP contribution in [0.5, 0.6) is 5.75 Å². The molecule has 0 fully saturated rings. The van der Waals surface area contributed by atoms with Crippen LogP contribution in [0, 0.1) is 20.8 Å². The minimum Gasteiger partial charge on any atom is -0.492 e. The van der Waals surface area contributed by atoms with Crippen LogP contribution in [-0.2, 0) is 14.8 Å². The van der Waals surface area contributed by atoms with E-state index < -0.39 is 22.5 Å². The van der Waals surface area contributed by atoms with Crippen molar-refractivity contribution in [3.8, 4) is 5.75 Å². The predicted molar refractivity (Wildman–Crippen MR) is 135 cm³/mol. The van der Waals surface area contributed by atoms with Gasteiger partial charge in [-0.2, -0.15) is 5.10 Å². The van der Waals surface area contributed by atoms with Crippen molar-refractivity contribution in [2.75, 3.05) is 17.5 Å². The van der Waals surface area contributed by atoms with Crippen molar-refractivity contribution in [3.63, 3.8) is 0 Å². The van der Waals surface area contributed by atoms with Crippen molar-refractivity contribution in [2.45, 2.75) is 32.6 Å². The van der Waals surface area contributed by atoms with E-state index in [0.29, 0.717) is 12.4 Å². The van der Waals surface area contributed by atoms with Crippen LogP contribution < -0.4 is 14.5 Å². The van der Waals surface area contributed by atoms with Gasteiger partial charge in [0.15, 0.2) is 0 Å². The highest BCUT2D eigenvalue weighted by Gasteiger charge is 2.29. The summed E-state index contributed by atoms with van der Waals surface area (Å²) >= 11 is 0. The highest BCUT2D eigenvalue weighted by molar-refractivity contribution is 7.92. The number of nitrogens with zero attached hydrogens (tertiary/aromatic N) is 2. The third-order valence-corrected chi connectivity index (χ3v) is 7.32. The molecule has 3 rings (SSSR count). The number of ether oxygens (including phenoxy) is 1. The van der Waals surface area contributed by atoms with Gasteiger partial charge in [-0.3, -0.25) is 9.10 Å². The van der Waals surface area contributed by atoms with E-state index in [-0.39, 0.29) is 10.6 Å². The Morgan fingerprint density at radius 1 is 0.971 bits per heavy atom. The standard InChI is InChI=1S/C26H29N3O4S/c1-5-33-25-14-10-9-13-24(25)29(34(31,32)23-11-7-6-8-12-23)18-26(30)28-27-17-22-16-15-19(2)20(3)21(22)4/h6-17H,5,18H2,1-4H3,(H,28,30)/b27-17-. The molecular weight excluding hydrogens is 450 g/mol. The average Bonchev–Trinajstić information content (AvgIpc) is 2.84. The molecule has 0 saturated heterocycles. The van der Waals surface area contributed by atoms with Gasteiger partial charge in [-0.1, -0.05) is 42.5 Å². The van der Waals surface area contributed by atoms with Crippen LogP contribution in [0.1, 0.15) is 29.2 Å². The molecule has 178 valence electrons. The number of hydrogen-bond donors (Lipinski definition) is 1. The van der Waals surface area contributed by atoms with Crippen LogP contribution in [-0.4, -0.2) is 33.7 Å². The molecule has 0 aliphatic rings. The highest BCUT2D eigenvalue weighted by atomic mass is 32.2. The molecule has 34 heavy (non-hydrogen) atoms. The number of carbonyl (C=O) groups excluding carboxylic acids is 1. The predicted octanol–water partition coefficient (Wildman–Crippen LogP) is 4.36. The van der Waals surface area contributed by atoms with E-state index in [1.165, 1.54) is 17.7 Å². The fourth-order valence-corrected chi connectivity index (χ4v) is 4.87. The van der Waals surface area contributed by atoms with Crippen LogP contribution in [0.15, 0.2) is 76.7 Å². The fraction of sp³-hybridized carbons (Fsp3) is 0.231. The van der Waals surface area contributed by atoms with Gasteiger partial charge in [0, 0.05) is 0 Å². The maximum absolute atomic E-state index is 13.5. The Morgan fingerprint density at radius 3 is 2.35 bits per heavy atom. The van der Waals surface area contributed by atoms with E-state index in [0.717, 1.165) is 21.0 Å². The Hall–Kier alpha value is -3.65. The van der Waals surface area contributed by atoms with Crippen molar-refractivity contribution in [3.05, 3.63) is 89.0 Å². The number of rotatable bonds is 9. The lowest BCUT2D eigenvalue weighted by molar-refractivity contribution is -0.119. The van der Waals surface area contributed by atoms with E-state index in [2.05, 4.69) is 10.5 Å². The number of anilines is 1. The number of carbonyl (C=O) groups is 1. The lowest BCUT2D eigenvalue weighted by Crippen LogP contribution is -2.39. The second kappa shape index (κ2) is 11.0. The number of hydrogen-bond acceptors (Lipinski definition) is 5. The summed E-state index contributed by atoms with van der Waals surface area (Å²) in [5.74, 6) is -0.213. The number of sulfonamides is 1. The zero-order valence-corrected chi connectivity index (χ0v) is 20.6. The molecule has 0 saturated carbocycles. The van der Waals surface area contributed by atoms with E-state index in [4.69, 9.17) is 4.74 Å². The molecule has 0 bridgehead atoms. The molecule has 0 atom stereocenters. The molecule has 0 aliphatic heterocycles. The van der Waals surface area contributed by atoms with Gasteiger partial charge < -0.3 is 4.74 Å². The highest BCUT2D eigenvalue weighted by Crippen LogP contribution is 2.32. The lowest BCUT2D eigenvalue weighted by atomic mass is 10.00. The summed E-state index contributed by atoms with van der Waals surface area (Å²) in [5.41, 5.74) is 7.00. The van der Waals surface area contributed by atoms with Gasteiger partial charge in [-0.05, 0) is 74.2 Å². The Balaban J connectivity index is 1.89. The average molecular weight is 480 g/mol. The minimum absolute atomic E-state index is 0.0726. The minimum atomic E-state index is -4.04. The summed E-state index contributed by atoms with van der Waals surface area (Å²) in [6.07, 6.45) is 1.56. The lowest BCUT2D eigenvalue weighted by Gasteiger charge is -2.25. The SMILES string of the molecule is CCOc1ccccc1N(CC(=O)N/N=C\c1ccc(C)c(C)c1C)S(=O)(=O)c1ccccc1. The molecule has 0 unspecified atom stereocenters. The third-order valence-electron chi connectivity index (χ3n) is 5.55. The van der Waals surface area contributed by atoms with Gasteiger partial charge in [-0.15, -0.1) is 0 Å². The zero-order chi connectivity index (χ0) is 24.7. The Bertz CT molecular complexity index is 1290. The third kappa shape index (κ3) is 5.63. The maximum Gasteiger partial charge on any atom is 0.264 e. The molecule has 1 amide bonds. The van der Waals surface area contributed by atoms with Gasteiger partial charge in [0.2, 0.25) is 0 Å². The largest absolute Gasteiger partial charge is 0.492 e. The van der Waals surface area contributed by atoms with Gasteiger partial charge >= 0.3 is 0 Å². The van der Waals surface area contributed by atoms with Gasteiger partial charge in [0.05, 0.1) is 23.4 Å². The summed E-state index contributed by atoms with van der Waals surface area (Å²) in [4.78, 5) is 12.9. The molecule has 3 aromatic carbocycles. The molecular formula is C26H29N3O4S. The molecule has 7 nitrogen and oxygen atoms in total. The summed E-state index contributed by atoms with van der Waals surface area (Å²) in [7, 11) is -4.04. The van der Waals surface area contributed by atoms with Crippen LogP contribution in [0.25, 0.3) is 0 Å². The van der Waals surface area contributed by atoms with Gasteiger partial charge in [0.25, 0.3) is 15.9 Å². The number of para-hydroxylation sites is 2. The van der Waals surface area contributed by atoms with E-state index in [9.17, 15) is 13.2 Å². The molecule has 0 radical (unpaired) electrons. The Labute approximate surface area is 201 Å².